The van der Waals surface area contributed by atoms with E-state index in [1.165, 1.54) is 4.68 Å². The Balaban J connectivity index is 1.55. The summed E-state index contributed by atoms with van der Waals surface area (Å²) in [7, 11) is -1.49. The van der Waals surface area contributed by atoms with Crippen LogP contribution in [0.25, 0.3) is 11.1 Å². The van der Waals surface area contributed by atoms with E-state index in [0.29, 0.717) is 30.9 Å². The van der Waals surface area contributed by atoms with Crippen molar-refractivity contribution in [1.29, 1.82) is 0 Å². The smallest absolute Gasteiger partial charge is 0.267 e. The fraction of sp³-hybridized carbons (Fsp3) is 0.273. The van der Waals surface area contributed by atoms with Crippen LogP contribution in [0.15, 0.2) is 71.7 Å². The van der Waals surface area contributed by atoms with E-state index in [9.17, 15) is 18.3 Å². The van der Waals surface area contributed by atoms with Gasteiger partial charge in [0.2, 0.25) is 10.0 Å². The Morgan fingerprint density at radius 1 is 1.10 bits per heavy atom. The molecule has 0 saturated heterocycles. The van der Waals surface area contributed by atoms with Crippen LogP contribution < -0.4 is 10.3 Å². The Bertz CT molecular complexity index is 1160. The Kier molecular flexibility index (Phi) is 7.21. The SMILES string of the molecule is CN(CCn1ncc(-c2ccccc2)cc1=O)CC(O)c1ccc(NS(C)(=O)=O)cc1. The third-order valence-electron chi connectivity index (χ3n) is 4.75. The molecule has 8 nitrogen and oxygen atoms in total. The first-order valence-electron chi connectivity index (χ1n) is 9.78. The predicted molar refractivity (Wildman–Crippen MR) is 121 cm³/mol. The van der Waals surface area contributed by atoms with Gasteiger partial charge in [0, 0.05) is 30.4 Å². The highest BCUT2D eigenvalue weighted by Gasteiger charge is 2.12. The molecule has 1 aromatic heterocycles. The van der Waals surface area contributed by atoms with Crippen molar-refractivity contribution >= 4 is 15.7 Å². The second-order valence-electron chi connectivity index (χ2n) is 7.45. The number of nitrogens with zero attached hydrogens (tertiary/aromatic N) is 3. The fourth-order valence-corrected chi connectivity index (χ4v) is 3.70. The maximum Gasteiger partial charge on any atom is 0.267 e. The minimum Gasteiger partial charge on any atom is -0.387 e. The van der Waals surface area contributed by atoms with Gasteiger partial charge < -0.3 is 10.0 Å². The lowest BCUT2D eigenvalue weighted by molar-refractivity contribution is 0.124. The van der Waals surface area contributed by atoms with E-state index in [0.717, 1.165) is 17.4 Å². The maximum absolute atomic E-state index is 12.4. The Hall–Kier alpha value is -3.01. The normalized spacial score (nSPS) is 12.6. The lowest BCUT2D eigenvalue weighted by Crippen LogP contribution is -2.32. The highest BCUT2D eigenvalue weighted by Crippen LogP contribution is 2.18. The lowest BCUT2D eigenvalue weighted by Gasteiger charge is -2.21. The number of hydrogen-bond donors (Lipinski definition) is 2. The number of aliphatic hydroxyl groups excluding tert-OH is 1. The summed E-state index contributed by atoms with van der Waals surface area (Å²) in [5.41, 5.74) is 2.66. The summed E-state index contributed by atoms with van der Waals surface area (Å²) in [6.45, 7) is 1.28. The van der Waals surface area contributed by atoms with Crippen LogP contribution in [0.1, 0.15) is 11.7 Å². The molecule has 0 radical (unpaired) electrons. The van der Waals surface area contributed by atoms with Gasteiger partial charge in [-0.25, -0.2) is 13.1 Å². The van der Waals surface area contributed by atoms with Gasteiger partial charge in [-0.2, -0.15) is 5.10 Å². The number of nitrogens with one attached hydrogen (secondary N) is 1. The van der Waals surface area contributed by atoms with E-state index in [2.05, 4.69) is 9.82 Å². The van der Waals surface area contributed by atoms with Crippen molar-refractivity contribution in [3.63, 3.8) is 0 Å². The average Bonchev–Trinajstić information content (AvgIpc) is 2.73. The Morgan fingerprint density at radius 3 is 2.39 bits per heavy atom. The minimum absolute atomic E-state index is 0.177. The fourth-order valence-electron chi connectivity index (χ4n) is 3.13. The number of benzene rings is 2. The summed E-state index contributed by atoms with van der Waals surface area (Å²) in [5.74, 6) is 0. The van der Waals surface area contributed by atoms with Gasteiger partial charge in [-0.05, 0) is 30.3 Å². The standard InChI is InChI=1S/C22H26N4O4S/c1-25(16-21(27)18-8-10-20(11-9-18)24-31(2,29)30)12-13-26-22(28)14-19(15-23-26)17-6-4-3-5-7-17/h3-11,14-15,21,24,27H,12-13,16H2,1-2H3. The van der Waals surface area contributed by atoms with Gasteiger partial charge in [-0.1, -0.05) is 42.5 Å². The second-order valence-corrected chi connectivity index (χ2v) is 9.19. The van der Waals surface area contributed by atoms with E-state index in [4.69, 9.17) is 0 Å². The first-order chi connectivity index (χ1) is 14.7. The lowest BCUT2D eigenvalue weighted by atomic mass is 10.1. The third-order valence-corrected chi connectivity index (χ3v) is 5.36. The van der Waals surface area contributed by atoms with E-state index in [1.807, 2.05) is 42.3 Å². The number of anilines is 1. The molecule has 0 aliphatic rings. The highest BCUT2D eigenvalue weighted by atomic mass is 32.2. The summed E-state index contributed by atoms with van der Waals surface area (Å²) in [6.07, 6.45) is 2.01. The number of aliphatic hydroxyl groups is 1. The Labute approximate surface area is 181 Å². The molecule has 1 heterocycles. The van der Waals surface area contributed by atoms with Crippen molar-refractivity contribution in [2.75, 3.05) is 31.1 Å². The van der Waals surface area contributed by atoms with Gasteiger partial charge in [0.1, 0.15) is 0 Å². The number of likely N-dealkylation sites (N-methyl/N-ethyl adjacent to an activating group) is 1. The van der Waals surface area contributed by atoms with Crippen LogP contribution in [0, 0.1) is 0 Å². The number of hydrogen-bond acceptors (Lipinski definition) is 6. The summed E-state index contributed by atoms with van der Waals surface area (Å²) >= 11 is 0. The van der Waals surface area contributed by atoms with Gasteiger partial charge >= 0.3 is 0 Å². The molecule has 3 rings (SSSR count). The molecule has 0 saturated carbocycles. The average molecular weight is 443 g/mol. The summed E-state index contributed by atoms with van der Waals surface area (Å²) in [6, 6.07) is 17.8. The molecule has 0 aliphatic heterocycles. The largest absolute Gasteiger partial charge is 0.387 e. The summed E-state index contributed by atoms with van der Waals surface area (Å²) in [4.78, 5) is 14.3. The molecule has 164 valence electrons. The molecule has 31 heavy (non-hydrogen) atoms. The van der Waals surface area contributed by atoms with Gasteiger partial charge in [0.25, 0.3) is 5.56 Å². The zero-order valence-corrected chi connectivity index (χ0v) is 18.3. The van der Waals surface area contributed by atoms with Gasteiger partial charge in [-0.15, -0.1) is 0 Å². The molecule has 2 aromatic carbocycles. The van der Waals surface area contributed by atoms with Gasteiger partial charge in [0.05, 0.1) is 25.1 Å². The minimum atomic E-state index is -3.34. The third kappa shape index (κ3) is 6.74. The first kappa shape index (κ1) is 22.7. The Morgan fingerprint density at radius 2 is 1.77 bits per heavy atom. The van der Waals surface area contributed by atoms with Crippen LogP contribution in [0.5, 0.6) is 0 Å². The molecular weight excluding hydrogens is 416 g/mol. The highest BCUT2D eigenvalue weighted by molar-refractivity contribution is 7.92. The van der Waals surface area contributed by atoms with Gasteiger partial charge in [-0.3, -0.25) is 9.52 Å². The van der Waals surface area contributed by atoms with Crippen molar-refractivity contribution in [2.24, 2.45) is 0 Å². The maximum atomic E-state index is 12.4. The number of sulfonamides is 1. The van der Waals surface area contributed by atoms with E-state index in [-0.39, 0.29) is 5.56 Å². The van der Waals surface area contributed by atoms with Crippen molar-refractivity contribution < 1.29 is 13.5 Å². The van der Waals surface area contributed by atoms with Crippen LogP contribution in [0.4, 0.5) is 5.69 Å². The number of rotatable bonds is 9. The molecule has 0 bridgehead atoms. The molecule has 9 heteroatoms. The summed E-state index contributed by atoms with van der Waals surface area (Å²) < 4.78 is 26.3. The van der Waals surface area contributed by atoms with Crippen LogP contribution in [0.3, 0.4) is 0 Å². The molecule has 1 unspecified atom stereocenters. The van der Waals surface area contributed by atoms with Crippen molar-refractivity contribution in [3.8, 4) is 11.1 Å². The second kappa shape index (κ2) is 9.86. The van der Waals surface area contributed by atoms with E-state index < -0.39 is 16.1 Å². The van der Waals surface area contributed by atoms with Crippen LogP contribution >= 0.6 is 0 Å². The van der Waals surface area contributed by atoms with E-state index >= 15 is 0 Å². The van der Waals surface area contributed by atoms with E-state index in [1.54, 1.807) is 36.5 Å². The van der Waals surface area contributed by atoms with Gasteiger partial charge in [0.15, 0.2) is 0 Å². The van der Waals surface area contributed by atoms with Crippen LogP contribution in [-0.4, -0.2) is 54.6 Å². The topological polar surface area (TPSA) is 105 Å². The molecule has 2 N–H and O–H groups in total. The molecule has 0 spiro atoms. The molecule has 3 aromatic rings. The zero-order chi connectivity index (χ0) is 22.4. The molecule has 0 amide bonds. The molecule has 0 fully saturated rings. The zero-order valence-electron chi connectivity index (χ0n) is 17.5. The number of aromatic nitrogens is 2. The predicted octanol–water partition coefficient (Wildman–Crippen LogP) is 1.95. The molecule has 0 aliphatic carbocycles. The van der Waals surface area contributed by atoms with Crippen LogP contribution in [-0.2, 0) is 16.6 Å². The van der Waals surface area contributed by atoms with Crippen molar-refractivity contribution in [3.05, 3.63) is 82.8 Å². The summed E-state index contributed by atoms with van der Waals surface area (Å²) in [5, 5.41) is 14.7. The molecular formula is C22H26N4O4S. The monoisotopic (exact) mass is 442 g/mol. The molecule has 1 atom stereocenters. The van der Waals surface area contributed by atoms with Crippen LogP contribution in [0.2, 0.25) is 0 Å². The first-order valence-corrected chi connectivity index (χ1v) is 11.7. The quantitative estimate of drug-likeness (QED) is 0.525. The van der Waals surface area contributed by atoms with Crippen molar-refractivity contribution in [2.45, 2.75) is 12.6 Å². The van der Waals surface area contributed by atoms with Crippen molar-refractivity contribution in [1.82, 2.24) is 14.7 Å².